The van der Waals surface area contributed by atoms with Crippen molar-refractivity contribution in [3.05, 3.63) is 59.9 Å². The number of nitrogens with zero attached hydrogens (tertiary/aromatic N) is 3. The van der Waals surface area contributed by atoms with Crippen LogP contribution in [0.15, 0.2) is 58.0 Å². The molecule has 0 fully saturated rings. The number of fused-ring (bicyclic) bond motifs is 1. The SMILES string of the molecule is CN(CC(=O)NNC(=O)c1ccccn1)C1=NS(=O)(=O)c2ccccc21. The molecule has 3 rings (SSSR count). The lowest BCUT2D eigenvalue weighted by Crippen LogP contribution is -2.47. The summed E-state index contributed by atoms with van der Waals surface area (Å²) in [5.41, 5.74) is 5.08. The van der Waals surface area contributed by atoms with Gasteiger partial charge in [0.05, 0.1) is 6.54 Å². The van der Waals surface area contributed by atoms with Gasteiger partial charge in [-0.25, -0.2) is 0 Å². The first-order valence-corrected chi connectivity index (χ1v) is 8.98. The smallest absolute Gasteiger partial charge is 0.288 e. The van der Waals surface area contributed by atoms with Crippen LogP contribution in [0.1, 0.15) is 16.1 Å². The molecule has 2 N–H and O–H groups in total. The number of amides is 2. The van der Waals surface area contributed by atoms with Crippen LogP contribution in [0.4, 0.5) is 0 Å². The molecular formula is C16H15N5O4S. The summed E-state index contributed by atoms with van der Waals surface area (Å²) >= 11 is 0. The third-order valence-corrected chi connectivity index (χ3v) is 4.89. The molecule has 0 radical (unpaired) electrons. The molecule has 0 aliphatic carbocycles. The van der Waals surface area contributed by atoms with Crippen molar-refractivity contribution in [2.24, 2.45) is 4.40 Å². The summed E-state index contributed by atoms with van der Waals surface area (Å²) < 4.78 is 27.8. The van der Waals surface area contributed by atoms with Crippen molar-refractivity contribution in [2.45, 2.75) is 4.90 Å². The number of nitrogens with one attached hydrogen (secondary N) is 2. The topological polar surface area (TPSA) is 121 Å². The first kappa shape index (κ1) is 17.5. The van der Waals surface area contributed by atoms with E-state index in [9.17, 15) is 18.0 Å². The minimum absolute atomic E-state index is 0.103. The largest absolute Gasteiger partial charge is 0.349 e. The average Bonchev–Trinajstić information content (AvgIpc) is 2.92. The number of hydrogen-bond donors (Lipinski definition) is 2. The van der Waals surface area contributed by atoms with Gasteiger partial charge in [0.2, 0.25) is 0 Å². The summed E-state index contributed by atoms with van der Waals surface area (Å²) in [6, 6.07) is 11.2. The van der Waals surface area contributed by atoms with Gasteiger partial charge in [0.1, 0.15) is 10.6 Å². The Hall–Kier alpha value is -3.27. The second-order valence-corrected chi connectivity index (χ2v) is 7.03. The van der Waals surface area contributed by atoms with Gasteiger partial charge in [-0.1, -0.05) is 18.2 Å². The van der Waals surface area contributed by atoms with Gasteiger partial charge in [-0.15, -0.1) is 4.40 Å². The van der Waals surface area contributed by atoms with Crippen molar-refractivity contribution < 1.29 is 18.0 Å². The molecule has 0 saturated carbocycles. The van der Waals surface area contributed by atoms with Crippen LogP contribution in [-0.2, 0) is 14.8 Å². The second-order valence-electron chi connectivity index (χ2n) is 5.46. The number of likely N-dealkylation sites (N-methyl/N-ethyl adjacent to an activating group) is 1. The maximum Gasteiger partial charge on any atom is 0.288 e. The van der Waals surface area contributed by atoms with Gasteiger partial charge < -0.3 is 4.90 Å². The predicted octanol–water partition coefficient (Wildman–Crippen LogP) is -0.0765. The first-order chi connectivity index (χ1) is 12.4. The number of hydrogen-bond acceptors (Lipinski definition) is 6. The van der Waals surface area contributed by atoms with Crippen molar-refractivity contribution in [1.82, 2.24) is 20.7 Å². The van der Waals surface area contributed by atoms with Gasteiger partial charge in [0.25, 0.3) is 21.8 Å². The van der Waals surface area contributed by atoms with Crippen LogP contribution in [-0.4, -0.2) is 49.5 Å². The molecule has 2 amide bonds. The maximum atomic E-state index is 12.0. The molecule has 2 aromatic rings. The number of carbonyl (C=O) groups is 2. The predicted molar refractivity (Wildman–Crippen MR) is 92.6 cm³/mol. The Kier molecular flexibility index (Phi) is 4.67. The van der Waals surface area contributed by atoms with Crippen molar-refractivity contribution in [3.8, 4) is 0 Å². The van der Waals surface area contributed by atoms with E-state index in [1.807, 2.05) is 0 Å². The van der Waals surface area contributed by atoms with E-state index in [1.54, 1.807) is 30.3 Å². The highest BCUT2D eigenvalue weighted by Gasteiger charge is 2.30. The van der Waals surface area contributed by atoms with Crippen LogP contribution in [0.5, 0.6) is 0 Å². The normalized spacial score (nSPS) is 14.1. The van der Waals surface area contributed by atoms with Gasteiger partial charge in [-0.3, -0.25) is 25.4 Å². The van der Waals surface area contributed by atoms with Crippen LogP contribution in [0.2, 0.25) is 0 Å². The zero-order valence-electron chi connectivity index (χ0n) is 13.7. The molecule has 1 aliphatic rings. The third-order valence-electron chi connectivity index (χ3n) is 3.57. The molecule has 1 aliphatic heterocycles. The highest BCUT2D eigenvalue weighted by Crippen LogP contribution is 2.26. The Morgan fingerprint density at radius 3 is 2.54 bits per heavy atom. The minimum Gasteiger partial charge on any atom is -0.349 e. The molecule has 0 bridgehead atoms. The highest BCUT2D eigenvalue weighted by atomic mass is 32.2. The third kappa shape index (κ3) is 3.54. The summed E-state index contributed by atoms with van der Waals surface area (Å²) in [5, 5.41) is 0. The van der Waals surface area contributed by atoms with Crippen molar-refractivity contribution in [1.29, 1.82) is 0 Å². The Balaban J connectivity index is 1.63. The standard InChI is InChI=1S/C16H15N5O4S/c1-21(15-11-6-2-3-8-13(11)26(24,25)20-15)10-14(22)18-19-16(23)12-7-4-5-9-17-12/h2-9H,10H2,1H3,(H,18,22)(H,19,23). The zero-order valence-corrected chi connectivity index (χ0v) is 14.5. The fraction of sp³-hybridized carbons (Fsp3) is 0.125. The van der Waals surface area contributed by atoms with E-state index < -0.39 is 21.8 Å². The van der Waals surface area contributed by atoms with Gasteiger partial charge in [-0.05, 0) is 24.3 Å². The number of carbonyl (C=O) groups excluding carboxylic acids is 2. The second kappa shape index (κ2) is 6.92. The van der Waals surface area contributed by atoms with E-state index in [0.29, 0.717) is 5.56 Å². The average molecular weight is 373 g/mol. The number of hydrazine groups is 1. The van der Waals surface area contributed by atoms with Crippen LogP contribution < -0.4 is 10.9 Å². The van der Waals surface area contributed by atoms with E-state index >= 15 is 0 Å². The van der Waals surface area contributed by atoms with Crippen molar-refractivity contribution in [3.63, 3.8) is 0 Å². The highest BCUT2D eigenvalue weighted by molar-refractivity contribution is 7.90. The fourth-order valence-corrected chi connectivity index (χ4v) is 3.63. The summed E-state index contributed by atoms with van der Waals surface area (Å²) in [6.45, 7) is -0.203. The van der Waals surface area contributed by atoms with E-state index in [4.69, 9.17) is 0 Å². The van der Waals surface area contributed by atoms with E-state index in [1.165, 1.54) is 30.3 Å². The van der Waals surface area contributed by atoms with Crippen LogP contribution >= 0.6 is 0 Å². The molecule has 10 heteroatoms. The fourth-order valence-electron chi connectivity index (χ4n) is 2.38. The van der Waals surface area contributed by atoms with Crippen molar-refractivity contribution >= 4 is 27.7 Å². The lowest BCUT2D eigenvalue weighted by molar-refractivity contribution is -0.122. The van der Waals surface area contributed by atoms with Gasteiger partial charge in [0, 0.05) is 18.8 Å². The number of benzene rings is 1. The van der Waals surface area contributed by atoms with E-state index in [-0.39, 0.29) is 23.0 Å². The van der Waals surface area contributed by atoms with Crippen LogP contribution in [0.25, 0.3) is 0 Å². The maximum absolute atomic E-state index is 12.0. The van der Waals surface area contributed by atoms with Crippen LogP contribution in [0.3, 0.4) is 0 Å². The molecule has 1 aromatic heterocycles. The molecule has 0 unspecified atom stereocenters. The van der Waals surface area contributed by atoms with E-state index in [0.717, 1.165) is 0 Å². The Bertz CT molecular complexity index is 989. The number of pyridine rings is 1. The Morgan fingerprint density at radius 2 is 1.81 bits per heavy atom. The van der Waals surface area contributed by atoms with Gasteiger partial charge >= 0.3 is 0 Å². The number of rotatable bonds is 3. The first-order valence-electron chi connectivity index (χ1n) is 7.54. The Labute approximate surface area is 149 Å². The lowest BCUT2D eigenvalue weighted by Gasteiger charge is -2.18. The number of aromatic nitrogens is 1. The molecule has 0 atom stereocenters. The summed E-state index contributed by atoms with van der Waals surface area (Å²) in [6.07, 6.45) is 1.46. The lowest BCUT2D eigenvalue weighted by atomic mass is 10.2. The molecule has 0 spiro atoms. The molecule has 1 aromatic carbocycles. The zero-order chi connectivity index (χ0) is 18.7. The molecule has 9 nitrogen and oxygen atoms in total. The van der Waals surface area contributed by atoms with Gasteiger partial charge in [0.15, 0.2) is 5.84 Å². The molecule has 26 heavy (non-hydrogen) atoms. The summed E-state index contributed by atoms with van der Waals surface area (Å²) in [4.78, 5) is 29.2. The van der Waals surface area contributed by atoms with Crippen LogP contribution in [0, 0.1) is 0 Å². The molecular weight excluding hydrogens is 358 g/mol. The molecule has 0 saturated heterocycles. The summed E-state index contributed by atoms with van der Waals surface area (Å²) in [5.74, 6) is -0.930. The summed E-state index contributed by atoms with van der Waals surface area (Å²) in [7, 11) is -2.22. The minimum atomic E-state index is -3.76. The number of amidine groups is 1. The quantitative estimate of drug-likeness (QED) is 0.726. The monoisotopic (exact) mass is 373 g/mol. The van der Waals surface area contributed by atoms with Crippen molar-refractivity contribution in [2.75, 3.05) is 13.6 Å². The molecule has 2 heterocycles. The Morgan fingerprint density at radius 1 is 1.08 bits per heavy atom. The molecule has 134 valence electrons. The van der Waals surface area contributed by atoms with Gasteiger partial charge in [-0.2, -0.15) is 8.42 Å². The number of sulfonamides is 1. The van der Waals surface area contributed by atoms with E-state index in [2.05, 4.69) is 20.2 Å².